The molecule has 1 aromatic rings. The van der Waals surface area contributed by atoms with Gasteiger partial charge in [0.1, 0.15) is 11.5 Å². The van der Waals surface area contributed by atoms with Gasteiger partial charge in [0.05, 0.1) is 12.7 Å². The van der Waals surface area contributed by atoms with E-state index in [0.29, 0.717) is 5.69 Å². The molecule has 20 heavy (non-hydrogen) atoms. The van der Waals surface area contributed by atoms with Crippen molar-refractivity contribution in [1.82, 2.24) is 19.8 Å². The Morgan fingerprint density at radius 1 is 1.35 bits per heavy atom. The number of nitrogens with zero attached hydrogens (tertiary/aromatic N) is 3. The number of aromatic nitrogens is 2. The minimum atomic E-state index is -0.0375. The number of hydrogen-bond donors (Lipinski definition) is 1. The molecule has 1 aliphatic heterocycles. The molecule has 0 spiro atoms. The van der Waals surface area contributed by atoms with Crippen LogP contribution >= 0.6 is 0 Å². The van der Waals surface area contributed by atoms with E-state index < -0.39 is 0 Å². The zero-order chi connectivity index (χ0) is 13.9. The van der Waals surface area contributed by atoms with Crippen molar-refractivity contribution in [3.63, 3.8) is 0 Å². The molecule has 3 rings (SSSR count). The topological polar surface area (TPSA) is 50.2 Å². The van der Waals surface area contributed by atoms with Gasteiger partial charge in [0.15, 0.2) is 0 Å². The predicted octanol–water partition coefficient (Wildman–Crippen LogP) is 1.64. The summed E-state index contributed by atoms with van der Waals surface area (Å²) in [7, 11) is 1.67. The van der Waals surface area contributed by atoms with Gasteiger partial charge in [-0.3, -0.25) is 9.69 Å². The Hall–Kier alpha value is -1.36. The summed E-state index contributed by atoms with van der Waals surface area (Å²) in [4.78, 5) is 18.7. The molecule has 1 saturated carbocycles. The standard InChI is InChI=1S/C15H24N4O/c1-16-15(20)13-9-17-14-11-18(7-8-19(13)14)10-12-5-3-2-4-6-12/h9,12H,2-8,10-11H2,1H3,(H,16,20). The lowest BCUT2D eigenvalue weighted by Gasteiger charge is -2.32. The smallest absolute Gasteiger partial charge is 0.269 e. The van der Waals surface area contributed by atoms with Crippen LogP contribution in [0.15, 0.2) is 6.20 Å². The minimum Gasteiger partial charge on any atom is -0.354 e. The fourth-order valence-electron chi connectivity index (χ4n) is 3.51. The van der Waals surface area contributed by atoms with E-state index in [2.05, 4.69) is 19.8 Å². The third-order valence-corrected chi connectivity index (χ3v) is 4.64. The van der Waals surface area contributed by atoms with E-state index in [4.69, 9.17) is 0 Å². The second-order valence-corrected chi connectivity index (χ2v) is 6.03. The molecular weight excluding hydrogens is 252 g/mol. The number of carbonyl (C=O) groups excluding carboxylic acids is 1. The highest BCUT2D eigenvalue weighted by molar-refractivity contribution is 5.92. The van der Waals surface area contributed by atoms with Crippen molar-refractivity contribution in [3.8, 4) is 0 Å². The van der Waals surface area contributed by atoms with E-state index in [-0.39, 0.29) is 5.91 Å². The minimum absolute atomic E-state index is 0.0375. The van der Waals surface area contributed by atoms with E-state index in [1.54, 1.807) is 13.2 Å². The fraction of sp³-hybridized carbons (Fsp3) is 0.733. The van der Waals surface area contributed by atoms with Crippen molar-refractivity contribution >= 4 is 5.91 Å². The second kappa shape index (κ2) is 5.95. The lowest BCUT2D eigenvalue weighted by Crippen LogP contribution is -2.38. The van der Waals surface area contributed by atoms with E-state index in [1.807, 2.05) is 0 Å². The number of imidazole rings is 1. The first-order chi connectivity index (χ1) is 9.78. The molecule has 5 heteroatoms. The molecule has 1 aromatic heterocycles. The molecule has 1 fully saturated rings. The van der Waals surface area contributed by atoms with Gasteiger partial charge < -0.3 is 9.88 Å². The van der Waals surface area contributed by atoms with Crippen LogP contribution in [0.4, 0.5) is 0 Å². The summed E-state index contributed by atoms with van der Waals surface area (Å²) in [6, 6.07) is 0. The molecule has 5 nitrogen and oxygen atoms in total. The Kier molecular flexibility index (Phi) is 4.05. The Bertz CT molecular complexity index is 476. The van der Waals surface area contributed by atoms with Gasteiger partial charge >= 0.3 is 0 Å². The van der Waals surface area contributed by atoms with Gasteiger partial charge in [-0.15, -0.1) is 0 Å². The largest absolute Gasteiger partial charge is 0.354 e. The summed E-state index contributed by atoms with van der Waals surface area (Å²) >= 11 is 0. The zero-order valence-corrected chi connectivity index (χ0v) is 12.3. The number of rotatable bonds is 3. The first kappa shape index (κ1) is 13.6. The Morgan fingerprint density at radius 2 is 2.15 bits per heavy atom. The molecule has 2 aliphatic rings. The third kappa shape index (κ3) is 2.73. The zero-order valence-electron chi connectivity index (χ0n) is 12.3. The molecule has 1 aliphatic carbocycles. The van der Waals surface area contributed by atoms with Crippen molar-refractivity contribution in [2.45, 2.75) is 45.2 Å². The summed E-state index contributed by atoms with van der Waals surface area (Å²) in [6.07, 6.45) is 8.68. The van der Waals surface area contributed by atoms with E-state index in [1.165, 1.54) is 38.6 Å². The Labute approximate surface area is 120 Å². The van der Waals surface area contributed by atoms with E-state index in [0.717, 1.165) is 31.4 Å². The highest BCUT2D eigenvalue weighted by atomic mass is 16.1. The highest BCUT2D eigenvalue weighted by Gasteiger charge is 2.24. The van der Waals surface area contributed by atoms with Gasteiger partial charge in [0.2, 0.25) is 0 Å². The quantitative estimate of drug-likeness (QED) is 0.913. The van der Waals surface area contributed by atoms with Crippen molar-refractivity contribution < 1.29 is 4.79 Å². The second-order valence-electron chi connectivity index (χ2n) is 6.03. The Balaban J connectivity index is 1.63. The van der Waals surface area contributed by atoms with Crippen LogP contribution in [-0.2, 0) is 13.1 Å². The maximum atomic E-state index is 11.8. The normalized spacial score (nSPS) is 20.6. The molecule has 110 valence electrons. The first-order valence-electron chi connectivity index (χ1n) is 7.77. The molecule has 0 aromatic carbocycles. The number of hydrogen-bond acceptors (Lipinski definition) is 3. The number of nitrogens with one attached hydrogen (secondary N) is 1. The molecule has 0 radical (unpaired) electrons. The summed E-state index contributed by atoms with van der Waals surface area (Å²) in [5, 5.41) is 2.68. The lowest BCUT2D eigenvalue weighted by molar-refractivity contribution is 0.0947. The van der Waals surface area contributed by atoms with E-state index in [9.17, 15) is 4.79 Å². The average Bonchev–Trinajstić information content (AvgIpc) is 2.90. The predicted molar refractivity (Wildman–Crippen MR) is 77.5 cm³/mol. The monoisotopic (exact) mass is 276 g/mol. The van der Waals surface area contributed by atoms with Crippen molar-refractivity contribution in [1.29, 1.82) is 0 Å². The Morgan fingerprint density at radius 3 is 2.90 bits per heavy atom. The van der Waals surface area contributed by atoms with Gasteiger partial charge in [-0.05, 0) is 18.8 Å². The van der Waals surface area contributed by atoms with Crippen molar-refractivity contribution in [2.75, 3.05) is 20.1 Å². The lowest BCUT2D eigenvalue weighted by atomic mass is 9.89. The average molecular weight is 276 g/mol. The highest BCUT2D eigenvalue weighted by Crippen LogP contribution is 2.25. The molecule has 1 amide bonds. The molecule has 0 unspecified atom stereocenters. The van der Waals surface area contributed by atoms with Gasteiger partial charge in [0.25, 0.3) is 5.91 Å². The van der Waals surface area contributed by atoms with Crippen LogP contribution in [0.1, 0.15) is 48.4 Å². The summed E-state index contributed by atoms with van der Waals surface area (Å²) in [5.74, 6) is 1.86. The molecule has 0 bridgehead atoms. The molecule has 0 atom stereocenters. The van der Waals surface area contributed by atoms with Gasteiger partial charge in [-0.25, -0.2) is 4.98 Å². The van der Waals surface area contributed by atoms with Crippen molar-refractivity contribution in [3.05, 3.63) is 17.7 Å². The van der Waals surface area contributed by atoms with Crippen LogP contribution in [0.2, 0.25) is 0 Å². The van der Waals surface area contributed by atoms with Gasteiger partial charge in [-0.1, -0.05) is 19.3 Å². The number of fused-ring (bicyclic) bond motifs is 1. The summed E-state index contributed by atoms with van der Waals surface area (Å²) in [5.41, 5.74) is 0.694. The van der Waals surface area contributed by atoms with Crippen LogP contribution < -0.4 is 5.32 Å². The van der Waals surface area contributed by atoms with Crippen LogP contribution in [0.25, 0.3) is 0 Å². The fourth-order valence-corrected chi connectivity index (χ4v) is 3.51. The van der Waals surface area contributed by atoms with Crippen LogP contribution in [0.3, 0.4) is 0 Å². The van der Waals surface area contributed by atoms with Crippen LogP contribution in [0.5, 0.6) is 0 Å². The number of carbonyl (C=O) groups is 1. The first-order valence-corrected chi connectivity index (χ1v) is 7.77. The molecular formula is C15H24N4O. The number of amides is 1. The maximum Gasteiger partial charge on any atom is 0.269 e. The maximum absolute atomic E-state index is 11.8. The van der Waals surface area contributed by atoms with Crippen molar-refractivity contribution in [2.24, 2.45) is 5.92 Å². The van der Waals surface area contributed by atoms with Gasteiger partial charge in [-0.2, -0.15) is 0 Å². The van der Waals surface area contributed by atoms with Crippen LogP contribution in [0, 0.1) is 5.92 Å². The summed E-state index contributed by atoms with van der Waals surface area (Å²) in [6.45, 7) is 3.99. The molecule has 0 saturated heterocycles. The SMILES string of the molecule is CNC(=O)c1cnc2n1CCN(CC1CCCCC1)C2. The van der Waals surface area contributed by atoms with E-state index >= 15 is 0 Å². The van der Waals surface area contributed by atoms with Crippen LogP contribution in [-0.4, -0.2) is 40.5 Å². The third-order valence-electron chi connectivity index (χ3n) is 4.64. The molecule has 1 N–H and O–H groups in total. The molecule has 2 heterocycles. The summed E-state index contributed by atoms with van der Waals surface area (Å²) < 4.78 is 2.07. The van der Waals surface area contributed by atoms with Gasteiger partial charge in [0, 0.05) is 26.7 Å².